The van der Waals surface area contributed by atoms with E-state index in [1.54, 1.807) is 30.7 Å². The molecular weight excluding hydrogens is 466 g/mol. The highest BCUT2D eigenvalue weighted by Gasteiger charge is 2.34. The highest BCUT2D eigenvalue weighted by Crippen LogP contribution is 2.32. The van der Waals surface area contributed by atoms with Crippen molar-refractivity contribution in [1.82, 2.24) is 14.8 Å². The van der Waals surface area contributed by atoms with Gasteiger partial charge in [-0.15, -0.1) is 0 Å². The molecule has 0 aliphatic heterocycles. The van der Waals surface area contributed by atoms with Gasteiger partial charge >= 0.3 is 6.18 Å². The van der Waals surface area contributed by atoms with Gasteiger partial charge in [-0.1, -0.05) is 12.1 Å². The number of primary amides is 1. The number of fused-ring (bicyclic) bond motifs is 1. The van der Waals surface area contributed by atoms with Crippen LogP contribution < -0.4 is 11.1 Å². The molecule has 0 saturated heterocycles. The number of halogens is 4. The van der Waals surface area contributed by atoms with Crippen LogP contribution in [0.4, 0.5) is 23.2 Å². The Kier molecular flexibility index (Phi) is 6.01. The molecule has 4 rings (SSSR count). The van der Waals surface area contributed by atoms with E-state index >= 15 is 0 Å². The Labute approximate surface area is 196 Å². The fourth-order valence-electron chi connectivity index (χ4n) is 3.69. The molecule has 3 N–H and O–H groups in total. The van der Waals surface area contributed by atoms with E-state index in [0.717, 1.165) is 5.56 Å². The predicted molar refractivity (Wildman–Crippen MR) is 120 cm³/mol. The highest BCUT2D eigenvalue weighted by molar-refractivity contribution is 6.13. The van der Waals surface area contributed by atoms with Crippen LogP contribution in [0.3, 0.4) is 0 Å². The number of nitrogens with two attached hydrogens (primary N) is 1. The minimum atomic E-state index is -4.79. The van der Waals surface area contributed by atoms with Crippen LogP contribution in [0.2, 0.25) is 0 Å². The largest absolute Gasteiger partial charge is 0.433 e. The van der Waals surface area contributed by atoms with E-state index in [9.17, 15) is 27.2 Å². The minimum Gasteiger partial charge on any atom is -0.366 e. The number of carbonyl (C=O) groups is 2. The summed E-state index contributed by atoms with van der Waals surface area (Å²) in [6.07, 6.45) is -4.79. The number of rotatable bonds is 5. The van der Waals surface area contributed by atoms with Crippen molar-refractivity contribution in [2.45, 2.75) is 26.6 Å². The quantitative estimate of drug-likeness (QED) is 0.403. The van der Waals surface area contributed by atoms with E-state index in [1.807, 2.05) is 0 Å². The molecule has 2 aromatic carbocycles. The molecule has 0 fully saturated rings. The number of aryl methyl sites for hydroxylation is 1. The summed E-state index contributed by atoms with van der Waals surface area (Å²) in [7, 11) is 0. The molecule has 180 valence electrons. The SMILES string of the molecule is Cc1nn(Cc2ccc(F)cc2)c(C)c1NC(=O)c1cc(C(F)(F)F)nc2ccc(C(N)=O)cc12. The van der Waals surface area contributed by atoms with Crippen LogP contribution >= 0.6 is 0 Å². The second-order valence-electron chi connectivity index (χ2n) is 7.93. The minimum absolute atomic E-state index is 0.0209. The monoisotopic (exact) mass is 485 g/mol. The predicted octanol–water partition coefficient (Wildman–Crippen LogP) is 4.61. The van der Waals surface area contributed by atoms with Crippen LogP contribution in [0.25, 0.3) is 10.9 Å². The number of aromatic nitrogens is 3. The number of hydrogen-bond acceptors (Lipinski definition) is 4. The number of nitrogens with zero attached hydrogens (tertiary/aromatic N) is 3. The van der Waals surface area contributed by atoms with E-state index < -0.39 is 23.7 Å². The summed E-state index contributed by atoms with van der Waals surface area (Å²) in [5.74, 6) is -2.01. The number of carbonyl (C=O) groups excluding carboxylic acids is 2. The fraction of sp³-hybridized carbons (Fsp3) is 0.167. The van der Waals surface area contributed by atoms with Crippen molar-refractivity contribution in [3.8, 4) is 0 Å². The number of benzene rings is 2. The van der Waals surface area contributed by atoms with Crippen LogP contribution in [0, 0.1) is 19.7 Å². The van der Waals surface area contributed by atoms with E-state index in [4.69, 9.17) is 5.73 Å². The van der Waals surface area contributed by atoms with Gasteiger partial charge in [0.05, 0.1) is 34.7 Å². The number of amides is 2. The number of hydrogen-bond donors (Lipinski definition) is 2. The molecule has 0 aliphatic rings. The maximum absolute atomic E-state index is 13.5. The standard InChI is InChI=1S/C24H19F4N5O2/c1-12-21(13(2)33(32-12)11-14-3-6-16(25)7-4-14)31-23(35)18-10-20(24(26,27)28)30-19-8-5-15(22(29)34)9-17(18)19/h3-10H,11H2,1-2H3,(H2,29,34)(H,31,35). The second kappa shape index (κ2) is 8.82. The van der Waals surface area contributed by atoms with E-state index in [-0.39, 0.29) is 27.8 Å². The first-order valence-corrected chi connectivity index (χ1v) is 10.4. The van der Waals surface area contributed by atoms with Gasteiger partial charge in [-0.2, -0.15) is 18.3 Å². The van der Waals surface area contributed by atoms with Gasteiger partial charge in [0.1, 0.15) is 11.5 Å². The molecule has 0 aliphatic carbocycles. The maximum Gasteiger partial charge on any atom is 0.433 e. The fourth-order valence-corrected chi connectivity index (χ4v) is 3.69. The summed E-state index contributed by atoms with van der Waals surface area (Å²) in [6.45, 7) is 3.62. The molecule has 11 heteroatoms. The number of nitrogens with one attached hydrogen (secondary N) is 1. The second-order valence-corrected chi connectivity index (χ2v) is 7.93. The van der Waals surface area contributed by atoms with Gasteiger partial charge in [-0.25, -0.2) is 9.37 Å². The zero-order valence-electron chi connectivity index (χ0n) is 18.6. The smallest absolute Gasteiger partial charge is 0.366 e. The molecule has 2 aromatic heterocycles. The summed E-state index contributed by atoms with van der Waals surface area (Å²) >= 11 is 0. The molecule has 0 bridgehead atoms. The lowest BCUT2D eigenvalue weighted by atomic mass is 10.0. The molecule has 4 aromatic rings. The lowest BCUT2D eigenvalue weighted by Crippen LogP contribution is -2.17. The van der Waals surface area contributed by atoms with E-state index in [2.05, 4.69) is 15.4 Å². The summed E-state index contributed by atoms with van der Waals surface area (Å²) < 4.78 is 55.1. The normalized spacial score (nSPS) is 11.6. The molecule has 7 nitrogen and oxygen atoms in total. The lowest BCUT2D eigenvalue weighted by molar-refractivity contribution is -0.141. The summed E-state index contributed by atoms with van der Waals surface area (Å²) in [6, 6.07) is 10.2. The van der Waals surface area contributed by atoms with Crippen LogP contribution in [-0.2, 0) is 12.7 Å². The third kappa shape index (κ3) is 4.84. The van der Waals surface area contributed by atoms with Crippen molar-refractivity contribution in [3.05, 3.63) is 88.1 Å². The average molecular weight is 485 g/mol. The van der Waals surface area contributed by atoms with Crippen LogP contribution in [0.15, 0.2) is 48.5 Å². The Morgan fingerprint density at radius 1 is 1.06 bits per heavy atom. The van der Waals surface area contributed by atoms with Gasteiger partial charge in [-0.3, -0.25) is 14.3 Å². The molecule has 0 radical (unpaired) electrons. The van der Waals surface area contributed by atoms with Gasteiger partial charge in [0.25, 0.3) is 5.91 Å². The zero-order valence-corrected chi connectivity index (χ0v) is 18.6. The molecule has 0 spiro atoms. The molecule has 0 saturated carbocycles. The number of pyridine rings is 1. The van der Waals surface area contributed by atoms with Crippen LogP contribution in [0.5, 0.6) is 0 Å². The average Bonchev–Trinajstić information content (AvgIpc) is 3.06. The summed E-state index contributed by atoms with van der Waals surface area (Å²) in [4.78, 5) is 28.4. The van der Waals surface area contributed by atoms with Gasteiger partial charge in [-0.05, 0) is 55.8 Å². The van der Waals surface area contributed by atoms with Gasteiger partial charge in [0, 0.05) is 10.9 Å². The summed E-state index contributed by atoms with van der Waals surface area (Å²) in [5.41, 5.74) is 5.70. The van der Waals surface area contributed by atoms with Crippen molar-refractivity contribution < 1.29 is 27.2 Å². The van der Waals surface area contributed by atoms with Gasteiger partial charge < -0.3 is 11.1 Å². The van der Waals surface area contributed by atoms with Crippen molar-refractivity contribution >= 4 is 28.4 Å². The van der Waals surface area contributed by atoms with Crippen molar-refractivity contribution in [3.63, 3.8) is 0 Å². The molecule has 0 atom stereocenters. The van der Waals surface area contributed by atoms with E-state index in [0.29, 0.717) is 29.7 Å². The first kappa shape index (κ1) is 23.9. The number of anilines is 1. The third-order valence-corrected chi connectivity index (χ3v) is 5.49. The Balaban J connectivity index is 1.74. The van der Waals surface area contributed by atoms with Gasteiger partial charge in [0.2, 0.25) is 5.91 Å². The van der Waals surface area contributed by atoms with Gasteiger partial charge in [0.15, 0.2) is 0 Å². The van der Waals surface area contributed by atoms with Crippen LogP contribution in [-0.4, -0.2) is 26.6 Å². The Bertz CT molecular complexity index is 1460. The topological polar surface area (TPSA) is 103 Å². The Morgan fingerprint density at radius 3 is 2.37 bits per heavy atom. The molecule has 35 heavy (non-hydrogen) atoms. The molecule has 2 amide bonds. The van der Waals surface area contributed by atoms with Crippen LogP contribution in [0.1, 0.15) is 43.4 Å². The van der Waals surface area contributed by atoms with Crippen molar-refractivity contribution in [2.75, 3.05) is 5.32 Å². The third-order valence-electron chi connectivity index (χ3n) is 5.49. The lowest BCUT2D eigenvalue weighted by Gasteiger charge is -2.13. The number of alkyl halides is 3. The first-order valence-electron chi connectivity index (χ1n) is 10.4. The Morgan fingerprint density at radius 2 is 1.74 bits per heavy atom. The Hall–Kier alpha value is -4.28. The highest BCUT2D eigenvalue weighted by atomic mass is 19.4. The van der Waals surface area contributed by atoms with Crippen molar-refractivity contribution in [2.24, 2.45) is 5.73 Å². The van der Waals surface area contributed by atoms with E-state index in [1.165, 1.54) is 30.3 Å². The first-order chi connectivity index (χ1) is 16.4. The molecule has 2 heterocycles. The van der Waals surface area contributed by atoms with Crippen molar-refractivity contribution in [1.29, 1.82) is 0 Å². The summed E-state index contributed by atoms with van der Waals surface area (Å²) in [5, 5.41) is 7.06. The zero-order chi connectivity index (χ0) is 25.5. The maximum atomic E-state index is 13.5. The molecule has 0 unspecified atom stereocenters. The molecular formula is C24H19F4N5O2.